The summed E-state index contributed by atoms with van der Waals surface area (Å²) in [6, 6.07) is 2.78. The molecule has 1 unspecified atom stereocenters. The molecule has 0 saturated carbocycles. The quantitative estimate of drug-likeness (QED) is 0.714. The second-order valence-corrected chi connectivity index (χ2v) is 5.80. The fourth-order valence-electron chi connectivity index (χ4n) is 2.47. The first-order valence-electron chi connectivity index (χ1n) is 8.10. The number of carbonyl (C=O) groups excluding carboxylic acids is 1. The minimum absolute atomic E-state index is 0.0883. The van der Waals surface area contributed by atoms with Crippen molar-refractivity contribution < 1.29 is 32.3 Å². The summed E-state index contributed by atoms with van der Waals surface area (Å²) in [5, 5.41) is 14.8. The highest BCUT2D eigenvalue weighted by molar-refractivity contribution is 5.97. The molecule has 1 amide bonds. The molecule has 27 heavy (non-hydrogen) atoms. The number of carboxylic acids is 1. The highest BCUT2D eigenvalue weighted by atomic mass is 19.4. The number of aromatic nitrogens is 2. The standard InChI is InChI=1S/C17H17F4N3O3/c1-2-3-4-13(16(26)27)23-15(25)12-9-22-24(14(12)17(19,20)21)11-7-5-10(18)6-8-11/h5-9,13H,2-4H2,1H3,(H,23,25)(H,26,27). The van der Waals surface area contributed by atoms with Gasteiger partial charge in [0.2, 0.25) is 0 Å². The molecule has 0 aliphatic rings. The van der Waals surface area contributed by atoms with Gasteiger partial charge in [-0.25, -0.2) is 13.9 Å². The van der Waals surface area contributed by atoms with Crippen LogP contribution < -0.4 is 5.32 Å². The van der Waals surface area contributed by atoms with Crippen molar-refractivity contribution in [3.05, 3.63) is 47.5 Å². The van der Waals surface area contributed by atoms with Gasteiger partial charge in [0.15, 0.2) is 5.69 Å². The molecule has 0 aliphatic carbocycles. The Morgan fingerprint density at radius 3 is 2.41 bits per heavy atom. The van der Waals surface area contributed by atoms with Crippen LogP contribution in [0.15, 0.2) is 30.5 Å². The van der Waals surface area contributed by atoms with Crippen LogP contribution in [0.5, 0.6) is 0 Å². The van der Waals surface area contributed by atoms with E-state index < -0.39 is 41.2 Å². The van der Waals surface area contributed by atoms with E-state index in [4.69, 9.17) is 5.11 Å². The van der Waals surface area contributed by atoms with Gasteiger partial charge in [-0.3, -0.25) is 4.79 Å². The van der Waals surface area contributed by atoms with Crippen molar-refractivity contribution in [1.82, 2.24) is 15.1 Å². The lowest BCUT2D eigenvalue weighted by atomic mass is 10.1. The molecule has 2 rings (SSSR count). The predicted octanol–water partition coefficient (Wildman–Crippen LogP) is 3.40. The van der Waals surface area contributed by atoms with Crippen molar-refractivity contribution in [2.75, 3.05) is 0 Å². The summed E-state index contributed by atoms with van der Waals surface area (Å²) in [4.78, 5) is 23.5. The van der Waals surface area contributed by atoms with Gasteiger partial charge in [0.1, 0.15) is 11.9 Å². The van der Waals surface area contributed by atoms with E-state index >= 15 is 0 Å². The molecule has 1 aromatic carbocycles. The number of carbonyl (C=O) groups is 2. The van der Waals surface area contributed by atoms with Crippen molar-refractivity contribution in [3.63, 3.8) is 0 Å². The Morgan fingerprint density at radius 1 is 1.26 bits per heavy atom. The van der Waals surface area contributed by atoms with Gasteiger partial charge >= 0.3 is 12.1 Å². The maximum Gasteiger partial charge on any atom is 0.434 e. The molecule has 1 aromatic heterocycles. The number of unbranched alkanes of at least 4 members (excludes halogenated alkanes) is 1. The molecule has 0 bridgehead atoms. The van der Waals surface area contributed by atoms with Crippen LogP contribution in [0, 0.1) is 5.82 Å². The molecular formula is C17H17F4N3O3. The van der Waals surface area contributed by atoms with E-state index in [1.807, 2.05) is 6.92 Å². The zero-order chi connectivity index (χ0) is 20.2. The molecule has 0 fully saturated rings. The van der Waals surface area contributed by atoms with Gasteiger partial charge in [0.05, 0.1) is 17.4 Å². The van der Waals surface area contributed by atoms with Gasteiger partial charge in [-0.15, -0.1) is 0 Å². The van der Waals surface area contributed by atoms with Crippen molar-refractivity contribution in [2.24, 2.45) is 0 Å². The molecule has 0 saturated heterocycles. The number of nitrogens with zero attached hydrogens (tertiary/aromatic N) is 2. The Hall–Kier alpha value is -2.91. The first-order valence-corrected chi connectivity index (χ1v) is 8.10. The lowest BCUT2D eigenvalue weighted by Gasteiger charge is -2.16. The van der Waals surface area contributed by atoms with E-state index in [1.54, 1.807) is 0 Å². The van der Waals surface area contributed by atoms with Crippen LogP contribution in [0.3, 0.4) is 0 Å². The van der Waals surface area contributed by atoms with Gasteiger partial charge < -0.3 is 10.4 Å². The van der Waals surface area contributed by atoms with E-state index in [0.717, 1.165) is 24.3 Å². The summed E-state index contributed by atoms with van der Waals surface area (Å²) in [6.45, 7) is 1.81. The van der Waals surface area contributed by atoms with Crippen LogP contribution in [0.1, 0.15) is 42.2 Å². The Bertz CT molecular complexity index is 816. The summed E-state index contributed by atoms with van der Waals surface area (Å²) in [5.41, 5.74) is -2.27. The molecule has 1 atom stereocenters. The van der Waals surface area contributed by atoms with E-state index in [2.05, 4.69) is 10.4 Å². The third-order valence-electron chi connectivity index (χ3n) is 3.80. The molecule has 0 spiro atoms. The number of alkyl halides is 3. The minimum Gasteiger partial charge on any atom is -0.480 e. The number of rotatable bonds is 7. The molecule has 146 valence electrons. The highest BCUT2D eigenvalue weighted by Gasteiger charge is 2.41. The van der Waals surface area contributed by atoms with Crippen molar-refractivity contribution in [1.29, 1.82) is 0 Å². The van der Waals surface area contributed by atoms with Crippen LogP contribution >= 0.6 is 0 Å². The van der Waals surface area contributed by atoms with Gasteiger partial charge in [-0.2, -0.15) is 18.3 Å². The third kappa shape index (κ3) is 4.83. The van der Waals surface area contributed by atoms with Crippen molar-refractivity contribution >= 4 is 11.9 Å². The molecule has 10 heteroatoms. The summed E-state index contributed by atoms with van der Waals surface area (Å²) in [5.74, 6) is -3.17. The molecule has 1 heterocycles. The number of hydrogen-bond donors (Lipinski definition) is 2. The normalized spacial score (nSPS) is 12.6. The van der Waals surface area contributed by atoms with Crippen LogP contribution in [-0.4, -0.2) is 32.8 Å². The maximum absolute atomic E-state index is 13.5. The van der Waals surface area contributed by atoms with E-state index in [0.29, 0.717) is 23.7 Å². The van der Waals surface area contributed by atoms with Crippen molar-refractivity contribution in [2.45, 2.75) is 38.4 Å². The first kappa shape index (κ1) is 20.4. The second-order valence-electron chi connectivity index (χ2n) is 5.80. The summed E-state index contributed by atoms with van der Waals surface area (Å²) in [6.07, 6.45) is -3.00. The number of aliphatic carboxylic acids is 1. The van der Waals surface area contributed by atoms with Gasteiger partial charge in [-0.1, -0.05) is 19.8 Å². The van der Waals surface area contributed by atoms with Crippen LogP contribution in [-0.2, 0) is 11.0 Å². The smallest absolute Gasteiger partial charge is 0.434 e. The molecular weight excluding hydrogens is 370 g/mol. The molecule has 2 N–H and O–H groups in total. The minimum atomic E-state index is -4.94. The average Bonchev–Trinajstić information content (AvgIpc) is 3.04. The van der Waals surface area contributed by atoms with E-state index in [9.17, 15) is 27.2 Å². The van der Waals surface area contributed by atoms with Gasteiger partial charge in [0, 0.05) is 0 Å². The Labute approximate surface area is 151 Å². The molecule has 0 radical (unpaired) electrons. The topological polar surface area (TPSA) is 84.2 Å². The summed E-state index contributed by atoms with van der Waals surface area (Å²) in [7, 11) is 0. The second kappa shape index (κ2) is 8.19. The van der Waals surface area contributed by atoms with Crippen molar-refractivity contribution in [3.8, 4) is 5.69 Å². The largest absolute Gasteiger partial charge is 0.480 e. The zero-order valence-electron chi connectivity index (χ0n) is 14.3. The Morgan fingerprint density at radius 2 is 1.89 bits per heavy atom. The van der Waals surface area contributed by atoms with E-state index in [-0.39, 0.29) is 12.1 Å². The molecule has 0 aliphatic heterocycles. The SMILES string of the molecule is CCCCC(NC(=O)c1cnn(-c2ccc(F)cc2)c1C(F)(F)F)C(=O)O. The zero-order valence-corrected chi connectivity index (χ0v) is 14.3. The lowest BCUT2D eigenvalue weighted by molar-refractivity contribution is -0.143. The molecule has 2 aromatic rings. The van der Waals surface area contributed by atoms with Gasteiger partial charge in [0.25, 0.3) is 5.91 Å². The maximum atomic E-state index is 13.5. The van der Waals surface area contributed by atoms with Crippen LogP contribution in [0.2, 0.25) is 0 Å². The average molecular weight is 387 g/mol. The monoisotopic (exact) mass is 387 g/mol. The predicted molar refractivity (Wildman–Crippen MR) is 86.9 cm³/mol. The number of halogens is 4. The first-order chi connectivity index (χ1) is 12.6. The number of benzene rings is 1. The molecule has 6 nitrogen and oxygen atoms in total. The number of nitrogens with one attached hydrogen (secondary N) is 1. The van der Waals surface area contributed by atoms with Crippen LogP contribution in [0.4, 0.5) is 17.6 Å². The van der Waals surface area contributed by atoms with Gasteiger partial charge in [-0.05, 0) is 30.7 Å². The highest BCUT2D eigenvalue weighted by Crippen LogP contribution is 2.33. The fourth-order valence-corrected chi connectivity index (χ4v) is 2.47. The van der Waals surface area contributed by atoms with E-state index in [1.165, 1.54) is 0 Å². The summed E-state index contributed by atoms with van der Waals surface area (Å²) < 4.78 is 54.1. The third-order valence-corrected chi connectivity index (χ3v) is 3.80. The number of amides is 1. The Balaban J connectivity index is 2.40. The van der Waals surface area contributed by atoms with Crippen LogP contribution in [0.25, 0.3) is 5.69 Å². The number of carboxylic acid groups (broad SMARTS) is 1. The lowest BCUT2D eigenvalue weighted by Crippen LogP contribution is -2.41. The number of hydrogen-bond acceptors (Lipinski definition) is 3. The Kier molecular flexibility index (Phi) is 6.19. The summed E-state index contributed by atoms with van der Waals surface area (Å²) >= 11 is 0. The fraction of sp³-hybridized carbons (Fsp3) is 0.353.